The average molecular weight is 688 g/mol. The van der Waals surface area contributed by atoms with Gasteiger partial charge in [0.05, 0.1) is 23.3 Å². The largest absolute Gasteiger partial charge is 0.462 e. The maximum absolute atomic E-state index is 11.2. The summed E-state index contributed by atoms with van der Waals surface area (Å²) < 4.78 is 10.0. The van der Waals surface area contributed by atoms with Gasteiger partial charge in [-0.2, -0.15) is 0 Å². The van der Waals surface area contributed by atoms with E-state index in [1.165, 1.54) is 0 Å². The number of benzene rings is 4. The smallest absolute Gasteiger partial charge is 0.330 e. The monoisotopic (exact) mass is 686 g/mol. The van der Waals surface area contributed by atoms with Crippen LogP contribution in [0.15, 0.2) is 98.1 Å². The first-order valence-corrected chi connectivity index (χ1v) is 15.5. The van der Waals surface area contributed by atoms with Crippen molar-refractivity contribution in [2.75, 3.05) is 13.2 Å². The molecule has 0 unspecified atom stereocenters. The third-order valence-electron chi connectivity index (χ3n) is 6.60. The quantitative estimate of drug-likeness (QED) is 0.100. The van der Waals surface area contributed by atoms with Gasteiger partial charge in [0.1, 0.15) is 0 Å². The van der Waals surface area contributed by atoms with Crippen LogP contribution in [0.4, 0.5) is 0 Å². The van der Waals surface area contributed by atoms with Crippen LogP contribution in [-0.2, 0) is 31.9 Å². The van der Waals surface area contributed by atoms with Gasteiger partial charge < -0.3 is 9.47 Å². The van der Waals surface area contributed by atoms with Gasteiger partial charge >= 0.3 is 11.9 Å². The Morgan fingerprint density at radius 1 is 0.565 bits per heavy atom. The Kier molecular flexibility index (Phi) is 12.6. The van der Waals surface area contributed by atoms with Crippen molar-refractivity contribution < 1.29 is 19.1 Å². The summed E-state index contributed by atoms with van der Waals surface area (Å²) in [6.45, 7) is 7.31. The van der Waals surface area contributed by atoms with Crippen LogP contribution in [0.5, 0.6) is 0 Å². The van der Waals surface area contributed by atoms with Gasteiger partial charge in [-0.1, -0.05) is 108 Å². The number of rotatable bonds is 9. The van der Waals surface area contributed by atoms with E-state index >= 15 is 0 Å². The summed E-state index contributed by atoms with van der Waals surface area (Å²) >= 11 is 26.5. The molecule has 4 aromatic rings. The minimum Gasteiger partial charge on any atom is -0.462 e. The van der Waals surface area contributed by atoms with Crippen molar-refractivity contribution >= 4 is 58.3 Å². The maximum atomic E-state index is 11.2. The van der Waals surface area contributed by atoms with Gasteiger partial charge in [0.25, 0.3) is 0 Å². The lowest BCUT2D eigenvalue weighted by atomic mass is 10.0. The van der Waals surface area contributed by atoms with Crippen LogP contribution in [0, 0.1) is 23.7 Å². The molecule has 0 atom stereocenters. The molecule has 8 heteroatoms. The van der Waals surface area contributed by atoms with Gasteiger partial charge in [-0.3, -0.25) is 0 Å². The molecule has 0 saturated carbocycles. The molecule has 0 aliphatic rings. The molecule has 0 amide bonds. The van der Waals surface area contributed by atoms with Gasteiger partial charge in [0.15, 0.2) is 0 Å². The Morgan fingerprint density at radius 3 is 1.28 bits per heavy atom. The summed E-state index contributed by atoms with van der Waals surface area (Å²) in [6, 6.07) is 22.0. The Balaban J connectivity index is 1.45. The molecule has 46 heavy (non-hydrogen) atoms. The van der Waals surface area contributed by atoms with Crippen molar-refractivity contribution in [1.29, 1.82) is 0 Å². The van der Waals surface area contributed by atoms with Crippen LogP contribution in [0.2, 0.25) is 20.1 Å². The summed E-state index contributed by atoms with van der Waals surface area (Å²) in [6.07, 6.45) is 3.45. The topological polar surface area (TPSA) is 52.6 Å². The van der Waals surface area contributed by atoms with Crippen molar-refractivity contribution in [3.8, 4) is 34.8 Å². The minimum absolute atomic E-state index is 0.274. The number of esters is 2. The van der Waals surface area contributed by atoms with Crippen molar-refractivity contribution in [1.82, 2.24) is 0 Å². The summed E-state index contributed by atoms with van der Waals surface area (Å²) in [7, 11) is 0. The van der Waals surface area contributed by atoms with Crippen molar-refractivity contribution in [3.05, 3.63) is 152 Å². The Morgan fingerprint density at radius 2 is 0.935 bits per heavy atom. The molecule has 4 rings (SSSR count). The van der Waals surface area contributed by atoms with Crippen LogP contribution in [0.3, 0.4) is 0 Å². The summed E-state index contributed by atoms with van der Waals surface area (Å²) in [5, 5.41) is 1.64. The van der Waals surface area contributed by atoms with E-state index < -0.39 is 11.9 Å². The molecule has 230 valence electrons. The fourth-order valence-corrected chi connectivity index (χ4v) is 5.10. The zero-order valence-electron chi connectivity index (χ0n) is 24.5. The normalized spacial score (nSPS) is 10.1. The third kappa shape index (κ3) is 9.79. The lowest BCUT2D eigenvalue weighted by Gasteiger charge is -2.11. The standard InChI is InChI=1S/C38H26Cl4O4/c1-3-37(43)45-19-17-27-9-5-25(6-10-27)13-15-29-21-35(41)31(23-33(29)39)32-24-34(40)30(22-36(32)42)16-14-26-7-11-28(12-8-26)18-20-46-38(44)4-2/h3-12,21-24H,1-2,17-20H2. The Bertz CT molecular complexity index is 1760. The van der Waals surface area contributed by atoms with Gasteiger partial charge in [-0.05, 0) is 59.7 Å². The number of hydrogen-bond acceptors (Lipinski definition) is 4. The van der Waals surface area contributed by atoms with Crippen LogP contribution < -0.4 is 0 Å². The first-order valence-electron chi connectivity index (χ1n) is 14.0. The van der Waals surface area contributed by atoms with Crippen molar-refractivity contribution in [2.45, 2.75) is 12.8 Å². The highest BCUT2D eigenvalue weighted by molar-refractivity contribution is 6.39. The number of halogens is 4. The first-order chi connectivity index (χ1) is 22.2. The van der Waals surface area contributed by atoms with E-state index in [4.69, 9.17) is 55.9 Å². The molecule has 0 spiro atoms. The number of ether oxygens (including phenoxy) is 2. The van der Waals surface area contributed by atoms with Crippen molar-refractivity contribution in [3.63, 3.8) is 0 Å². The predicted molar refractivity (Wildman–Crippen MR) is 186 cm³/mol. The van der Waals surface area contributed by atoms with E-state index in [0.29, 0.717) is 55.2 Å². The molecule has 0 bridgehead atoms. The average Bonchev–Trinajstić information content (AvgIpc) is 3.06. The minimum atomic E-state index is -0.445. The molecule has 0 aliphatic carbocycles. The SMILES string of the molecule is C=CC(=O)OCCc1ccc(C#Cc2cc(Cl)c(-c3cc(Cl)c(C#Cc4ccc(CCOC(=O)C=C)cc4)cc3Cl)cc2Cl)cc1. The molecule has 4 nitrogen and oxygen atoms in total. The van der Waals surface area contributed by atoms with Gasteiger partial charge in [-0.25, -0.2) is 9.59 Å². The second-order valence-electron chi connectivity index (χ2n) is 9.76. The zero-order valence-corrected chi connectivity index (χ0v) is 27.5. The maximum Gasteiger partial charge on any atom is 0.330 e. The highest BCUT2D eigenvalue weighted by Gasteiger charge is 2.14. The van der Waals surface area contributed by atoms with Crippen LogP contribution in [-0.4, -0.2) is 25.2 Å². The molecule has 0 radical (unpaired) electrons. The van der Waals surface area contributed by atoms with E-state index in [0.717, 1.165) is 34.4 Å². The molecular weight excluding hydrogens is 662 g/mol. The highest BCUT2D eigenvalue weighted by atomic mass is 35.5. The molecule has 0 heterocycles. The second kappa shape index (κ2) is 16.8. The number of carbonyl (C=O) groups is 2. The van der Waals surface area contributed by atoms with Crippen LogP contribution >= 0.6 is 46.4 Å². The van der Waals surface area contributed by atoms with Gasteiger partial charge in [-0.15, -0.1) is 0 Å². The van der Waals surface area contributed by atoms with Crippen molar-refractivity contribution in [2.24, 2.45) is 0 Å². The predicted octanol–water partition coefficient (Wildman–Crippen LogP) is 9.31. The number of hydrogen-bond donors (Lipinski definition) is 0. The van der Waals surface area contributed by atoms with Crippen LogP contribution in [0.1, 0.15) is 33.4 Å². The zero-order chi connectivity index (χ0) is 33.1. The first kappa shape index (κ1) is 34.5. The fourth-order valence-electron chi connectivity index (χ4n) is 4.14. The third-order valence-corrected chi connectivity index (χ3v) is 7.85. The van der Waals surface area contributed by atoms with E-state index in [9.17, 15) is 9.59 Å². The van der Waals surface area contributed by atoms with Gasteiger partial charge in [0, 0.05) is 68.4 Å². The van der Waals surface area contributed by atoms with Crippen LogP contribution in [0.25, 0.3) is 11.1 Å². The number of carbonyl (C=O) groups excluding carboxylic acids is 2. The lowest BCUT2D eigenvalue weighted by molar-refractivity contribution is -0.138. The van der Waals surface area contributed by atoms with Gasteiger partial charge in [0.2, 0.25) is 0 Å². The van der Waals surface area contributed by atoms with E-state index in [2.05, 4.69) is 36.8 Å². The lowest BCUT2D eigenvalue weighted by Crippen LogP contribution is -2.04. The fraction of sp³-hybridized carbons (Fsp3) is 0.105. The van der Waals surface area contributed by atoms with E-state index in [1.807, 2.05) is 48.5 Å². The molecular formula is C38H26Cl4O4. The molecule has 0 aromatic heterocycles. The molecule has 0 N–H and O–H groups in total. The summed E-state index contributed by atoms with van der Waals surface area (Å²) in [5.41, 5.74) is 5.94. The Hall–Kier alpha value is -4.42. The molecule has 0 saturated heterocycles. The van der Waals surface area contributed by atoms with E-state index in [1.54, 1.807) is 24.3 Å². The van der Waals surface area contributed by atoms with E-state index in [-0.39, 0.29) is 13.2 Å². The summed E-state index contributed by atoms with van der Waals surface area (Å²) in [5.74, 6) is 11.5. The molecule has 4 aromatic carbocycles. The Labute approximate surface area is 288 Å². The molecule has 0 aliphatic heterocycles. The second-order valence-corrected chi connectivity index (χ2v) is 11.4. The summed E-state index contributed by atoms with van der Waals surface area (Å²) in [4.78, 5) is 22.4. The highest BCUT2D eigenvalue weighted by Crippen LogP contribution is 2.39. The molecule has 0 fully saturated rings.